The third-order valence-corrected chi connectivity index (χ3v) is 3.92. The van der Waals surface area contributed by atoms with Gasteiger partial charge in [-0.05, 0) is 17.2 Å². The molecule has 0 spiro atoms. The second-order valence-electron chi connectivity index (χ2n) is 5.16. The van der Waals surface area contributed by atoms with Crippen molar-refractivity contribution in [3.63, 3.8) is 0 Å². The van der Waals surface area contributed by atoms with E-state index in [0.29, 0.717) is 0 Å². The molecule has 21 heavy (non-hydrogen) atoms. The van der Waals surface area contributed by atoms with Gasteiger partial charge >= 0.3 is 0 Å². The van der Waals surface area contributed by atoms with Crippen molar-refractivity contribution in [3.05, 3.63) is 89.9 Å². The molecule has 3 nitrogen and oxygen atoms in total. The predicted molar refractivity (Wildman–Crippen MR) is 84.3 cm³/mol. The van der Waals surface area contributed by atoms with E-state index >= 15 is 0 Å². The number of nitrogens with one attached hydrogen (secondary N) is 2. The summed E-state index contributed by atoms with van der Waals surface area (Å²) >= 11 is 0. The molecule has 1 atom stereocenters. The van der Waals surface area contributed by atoms with Gasteiger partial charge in [-0.3, -0.25) is 5.10 Å². The largest absolute Gasteiger partial charge is 0.361 e. The Bertz CT molecular complexity index is 844. The van der Waals surface area contributed by atoms with E-state index in [1.165, 1.54) is 22.1 Å². The fourth-order valence-corrected chi connectivity index (χ4v) is 2.95. The van der Waals surface area contributed by atoms with E-state index in [1.807, 2.05) is 18.5 Å². The summed E-state index contributed by atoms with van der Waals surface area (Å²) in [6.07, 6.45) is 5.98. The first-order valence-corrected chi connectivity index (χ1v) is 7.03. The van der Waals surface area contributed by atoms with Gasteiger partial charge < -0.3 is 4.98 Å². The van der Waals surface area contributed by atoms with Crippen molar-refractivity contribution in [1.29, 1.82) is 0 Å². The summed E-state index contributed by atoms with van der Waals surface area (Å²) < 4.78 is 0. The molecule has 0 aliphatic heterocycles. The van der Waals surface area contributed by atoms with Gasteiger partial charge in [0.05, 0.1) is 6.20 Å². The molecule has 0 saturated heterocycles. The van der Waals surface area contributed by atoms with E-state index in [1.54, 1.807) is 0 Å². The fraction of sp³-hybridized carbons (Fsp3) is 0.0556. The number of fused-ring (bicyclic) bond motifs is 1. The van der Waals surface area contributed by atoms with Gasteiger partial charge in [0, 0.05) is 34.8 Å². The van der Waals surface area contributed by atoms with Crippen LogP contribution >= 0.6 is 0 Å². The summed E-state index contributed by atoms with van der Waals surface area (Å²) in [6.45, 7) is 0. The molecule has 4 aromatic rings. The van der Waals surface area contributed by atoms with E-state index in [0.717, 1.165) is 5.52 Å². The van der Waals surface area contributed by atoms with Crippen molar-refractivity contribution >= 4 is 10.9 Å². The Morgan fingerprint density at radius 1 is 0.810 bits per heavy atom. The number of benzene rings is 2. The standard InChI is InChI=1S/C18H15N3/c1-2-6-13(7-3-1)18(14-10-20-21-11-14)16-12-19-17-9-5-4-8-15(16)17/h1-12,18-19H,(H,20,21). The molecule has 0 radical (unpaired) electrons. The smallest absolute Gasteiger partial charge is 0.0528 e. The Labute approximate surface area is 122 Å². The minimum Gasteiger partial charge on any atom is -0.361 e. The van der Waals surface area contributed by atoms with Crippen molar-refractivity contribution < 1.29 is 0 Å². The second kappa shape index (κ2) is 4.94. The van der Waals surface area contributed by atoms with E-state index < -0.39 is 0 Å². The van der Waals surface area contributed by atoms with E-state index in [4.69, 9.17) is 0 Å². The summed E-state index contributed by atoms with van der Waals surface area (Å²) in [5.41, 5.74) is 4.88. The number of aromatic nitrogens is 3. The van der Waals surface area contributed by atoms with Gasteiger partial charge in [-0.2, -0.15) is 5.10 Å². The van der Waals surface area contributed by atoms with E-state index in [2.05, 4.69) is 69.9 Å². The number of hydrogen-bond acceptors (Lipinski definition) is 1. The van der Waals surface area contributed by atoms with Gasteiger partial charge in [-0.1, -0.05) is 48.5 Å². The van der Waals surface area contributed by atoms with Gasteiger partial charge in [0.1, 0.15) is 0 Å². The molecule has 4 rings (SSSR count). The maximum absolute atomic E-state index is 4.12. The lowest BCUT2D eigenvalue weighted by Crippen LogP contribution is -2.01. The molecule has 0 aliphatic carbocycles. The van der Waals surface area contributed by atoms with E-state index in [-0.39, 0.29) is 5.92 Å². The molecule has 0 saturated carbocycles. The SMILES string of the molecule is c1ccc(C(c2cn[nH]c2)c2c[nH]c3ccccc23)cc1. The third-order valence-electron chi connectivity index (χ3n) is 3.92. The molecule has 102 valence electrons. The molecule has 0 bridgehead atoms. The molecule has 1 unspecified atom stereocenters. The monoisotopic (exact) mass is 273 g/mol. The fourth-order valence-electron chi connectivity index (χ4n) is 2.95. The summed E-state index contributed by atoms with van der Waals surface area (Å²) in [6, 6.07) is 18.9. The number of H-pyrrole nitrogens is 2. The van der Waals surface area contributed by atoms with E-state index in [9.17, 15) is 0 Å². The summed E-state index contributed by atoms with van der Waals surface area (Å²) in [5.74, 6) is 0.182. The normalized spacial score (nSPS) is 12.6. The Morgan fingerprint density at radius 3 is 2.43 bits per heavy atom. The molecule has 0 aliphatic rings. The van der Waals surface area contributed by atoms with Crippen molar-refractivity contribution in [2.75, 3.05) is 0 Å². The van der Waals surface area contributed by atoms with Crippen LogP contribution < -0.4 is 0 Å². The van der Waals surface area contributed by atoms with Gasteiger partial charge in [0.2, 0.25) is 0 Å². The average Bonchev–Trinajstić information content (AvgIpc) is 3.20. The van der Waals surface area contributed by atoms with Crippen LogP contribution in [0.1, 0.15) is 22.6 Å². The number of rotatable bonds is 3. The van der Waals surface area contributed by atoms with Gasteiger partial charge in [0.15, 0.2) is 0 Å². The Morgan fingerprint density at radius 2 is 1.62 bits per heavy atom. The first-order valence-electron chi connectivity index (χ1n) is 7.03. The van der Waals surface area contributed by atoms with Crippen LogP contribution in [0.15, 0.2) is 73.2 Å². The number of hydrogen-bond donors (Lipinski definition) is 2. The van der Waals surface area contributed by atoms with Crippen LogP contribution in [0.2, 0.25) is 0 Å². The zero-order valence-corrected chi connectivity index (χ0v) is 11.5. The van der Waals surface area contributed by atoms with Crippen LogP contribution in [-0.2, 0) is 0 Å². The highest BCUT2D eigenvalue weighted by atomic mass is 15.1. The molecule has 2 aromatic carbocycles. The van der Waals surface area contributed by atoms with Crippen molar-refractivity contribution in [3.8, 4) is 0 Å². The van der Waals surface area contributed by atoms with Gasteiger partial charge in [-0.25, -0.2) is 0 Å². The van der Waals surface area contributed by atoms with Crippen LogP contribution in [0, 0.1) is 0 Å². The quantitative estimate of drug-likeness (QED) is 0.580. The highest BCUT2D eigenvalue weighted by Crippen LogP contribution is 2.35. The molecule has 2 N–H and O–H groups in total. The lowest BCUT2D eigenvalue weighted by Gasteiger charge is -2.15. The number of nitrogens with zero attached hydrogens (tertiary/aromatic N) is 1. The molecule has 0 fully saturated rings. The molecular formula is C18H15N3. The topological polar surface area (TPSA) is 44.5 Å². The van der Waals surface area contributed by atoms with Crippen LogP contribution in [0.25, 0.3) is 10.9 Å². The van der Waals surface area contributed by atoms with Gasteiger partial charge in [0.25, 0.3) is 0 Å². The maximum Gasteiger partial charge on any atom is 0.0528 e. The molecule has 0 amide bonds. The average molecular weight is 273 g/mol. The van der Waals surface area contributed by atoms with Crippen LogP contribution in [-0.4, -0.2) is 15.2 Å². The lowest BCUT2D eigenvalue weighted by molar-refractivity contribution is 0.989. The Balaban J connectivity index is 1.95. The van der Waals surface area contributed by atoms with Crippen LogP contribution in [0.5, 0.6) is 0 Å². The molecule has 2 aromatic heterocycles. The summed E-state index contributed by atoms with van der Waals surface area (Å²) in [4.78, 5) is 3.37. The first-order chi connectivity index (χ1) is 10.4. The lowest BCUT2D eigenvalue weighted by atomic mass is 9.87. The van der Waals surface area contributed by atoms with Crippen LogP contribution in [0.3, 0.4) is 0 Å². The van der Waals surface area contributed by atoms with Crippen molar-refractivity contribution in [2.45, 2.75) is 5.92 Å². The summed E-state index contributed by atoms with van der Waals surface area (Å²) in [7, 11) is 0. The highest BCUT2D eigenvalue weighted by Gasteiger charge is 2.20. The first kappa shape index (κ1) is 12.0. The van der Waals surface area contributed by atoms with Crippen molar-refractivity contribution in [2.24, 2.45) is 0 Å². The number of para-hydroxylation sites is 1. The van der Waals surface area contributed by atoms with Crippen LogP contribution in [0.4, 0.5) is 0 Å². The predicted octanol–water partition coefficient (Wildman–Crippen LogP) is 4.07. The molecule has 2 heterocycles. The Kier molecular flexibility index (Phi) is 2.82. The molecular weight excluding hydrogens is 258 g/mol. The van der Waals surface area contributed by atoms with Crippen molar-refractivity contribution in [1.82, 2.24) is 15.2 Å². The minimum atomic E-state index is 0.182. The molecule has 3 heteroatoms. The number of aromatic amines is 2. The Hall–Kier alpha value is -2.81. The minimum absolute atomic E-state index is 0.182. The third kappa shape index (κ3) is 2.03. The maximum atomic E-state index is 4.12. The summed E-state index contributed by atoms with van der Waals surface area (Å²) in [5, 5.41) is 8.31. The van der Waals surface area contributed by atoms with Gasteiger partial charge in [-0.15, -0.1) is 0 Å². The highest BCUT2D eigenvalue weighted by molar-refractivity contribution is 5.84. The zero-order valence-electron chi connectivity index (χ0n) is 11.5. The second-order valence-corrected chi connectivity index (χ2v) is 5.16. The zero-order chi connectivity index (χ0) is 14.1.